The molecule has 2 rings (SSSR count). The van der Waals surface area contributed by atoms with Crippen LogP contribution in [0.3, 0.4) is 0 Å². The van der Waals surface area contributed by atoms with Crippen molar-refractivity contribution in [2.75, 3.05) is 33.4 Å². The van der Waals surface area contributed by atoms with Gasteiger partial charge in [0.05, 0.1) is 6.61 Å². The lowest BCUT2D eigenvalue weighted by Crippen LogP contribution is -2.36. The summed E-state index contributed by atoms with van der Waals surface area (Å²) in [5.41, 5.74) is 1.16. The molecule has 1 aromatic carbocycles. The van der Waals surface area contributed by atoms with Crippen LogP contribution in [0, 0.1) is 18.8 Å². The molecule has 1 unspecified atom stereocenters. The Bertz CT molecular complexity index is 386. The SMILES string of the molecule is Cc1ccccc1OCC(CO)C1CCN(C)CC1. The second-order valence-corrected chi connectivity index (χ2v) is 5.66. The molecule has 0 radical (unpaired) electrons. The minimum absolute atomic E-state index is 0.222. The third-order valence-corrected chi connectivity index (χ3v) is 4.21. The van der Waals surface area contributed by atoms with Crippen molar-refractivity contribution in [2.24, 2.45) is 11.8 Å². The number of para-hydroxylation sites is 1. The summed E-state index contributed by atoms with van der Waals surface area (Å²) >= 11 is 0. The van der Waals surface area contributed by atoms with Crippen LogP contribution in [0.15, 0.2) is 24.3 Å². The van der Waals surface area contributed by atoms with E-state index in [4.69, 9.17) is 4.74 Å². The van der Waals surface area contributed by atoms with Crippen molar-refractivity contribution in [1.82, 2.24) is 4.90 Å². The maximum absolute atomic E-state index is 9.60. The molecule has 1 aromatic rings. The van der Waals surface area contributed by atoms with E-state index in [0.717, 1.165) is 24.4 Å². The predicted molar refractivity (Wildman–Crippen MR) is 77.5 cm³/mol. The standard InChI is InChI=1S/C16H25NO2/c1-13-5-3-4-6-16(13)19-12-15(11-18)14-7-9-17(2)10-8-14/h3-6,14-15,18H,7-12H2,1-2H3. The maximum Gasteiger partial charge on any atom is 0.122 e. The molecule has 1 atom stereocenters. The number of nitrogens with zero attached hydrogens (tertiary/aromatic N) is 1. The topological polar surface area (TPSA) is 32.7 Å². The fraction of sp³-hybridized carbons (Fsp3) is 0.625. The molecule has 0 aromatic heterocycles. The van der Waals surface area contributed by atoms with Crippen LogP contribution >= 0.6 is 0 Å². The highest BCUT2D eigenvalue weighted by Crippen LogP contribution is 2.26. The van der Waals surface area contributed by atoms with E-state index >= 15 is 0 Å². The number of aliphatic hydroxyl groups is 1. The van der Waals surface area contributed by atoms with Gasteiger partial charge >= 0.3 is 0 Å². The second kappa shape index (κ2) is 6.92. The second-order valence-electron chi connectivity index (χ2n) is 5.66. The molecule has 1 fully saturated rings. The Labute approximate surface area is 116 Å². The van der Waals surface area contributed by atoms with Gasteiger partial charge in [-0.2, -0.15) is 0 Å². The van der Waals surface area contributed by atoms with Gasteiger partial charge in [0.15, 0.2) is 0 Å². The molecular formula is C16H25NO2. The van der Waals surface area contributed by atoms with E-state index in [1.165, 1.54) is 12.8 Å². The van der Waals surface area contributed by atoms with Crippen molar-refractivity contribution >= 4 is 0 Å². The summed E-state index contributed by atoms with van der Waals surface area (Å²) in [6.45, 7) is 5.16. The highest BCUT2D eigenvalue weighted by molar-refractivity contribution is 5.31. The van der Waals surface area contributed by atoms with Crippen molar-refractivity contribution < 1.29 is 9.84 Å². The first-order valence-corrected chi connectivity index (χ1v) is 7.18. The summed E-state index contributed by atoms with van der Waals surface area (Å²) in [4.78, 5) is 2.35. The van der Waals surface area contributed by atoms with Gasteiger partial charge in [-0.3, -0.25) is 0 Å². The smallest absolute Gasteiger partial charge is 0.122 e. The van der Waals surface area contributed by atoms with Crippen LogP contribution in [0.25, 0.3) is 0 Å². The van der Waals surface area contributed by atoms with Crippen LogP contribution in [0.4, 0.5) is 0 Å². The molecule has 1 aliphatic heterocycles. The summed E-state index contributed by atoms with van der Waals surface area (Å²) < 4.78 is 5.90. The van der Waals surface area contributed by atoms with E-state index in [-0.39, 0.29) is 12.5 Å². The van der Waals surface area contributed by atoms with Gasteiger partial charge in [-0.25, -0.2) is 0 Å². The number of rotatable bonds is 5. The number of ether oxygens (including phenoxy) is 1. The molecular weight excluding hydrogens is 238 g/mol. The molecule has 3 nitrogen and oxygen atoms in total. The molecule has 0 amide bonds. The first-order valence-electron chi connectivity index (χ1n) is 7.18. The number of hydrogen-bond donors (Lipinski definition) is 1. The van der Waals surface area contributed by atoms with Gasteiger partial charge in [0, 0.05) is 12.5 Å². The molecule has 0 spiro atoms. The zero-order valence-corrected chi connectivity index (χ0v) is 12.0. The molecule has 0 saturated carbocycles. The Balaban J connectivity index is 1.87. The Morgan fingerprint density at radius 1 is 1.32 bits per heavy atom. The summed E-state index contributed by atoms with van der Waals surface area (Å²) in [7, 11) is 2.16. The van der Waals surface area contributed by atoms with Crippen LogP contribution in [0.2, 0.25) is 0 Å². The molecule has 1 saturated heterocycles. The number of hydrogen-bond acceptors (Lipinski definition) is 3. The third-order valence-electron chi connectivity index (χ3n) is 4.21. The number of likely N-dealkylation sites (tertiary alicyclic amines) is 1. The number of aryl methyl sites for hydroxylation is 1. The molecule has 1 heterocycles. The van der Waals surface area contributed by atoms with Crippen LogP contribution in [0.1, 0.15) is 18.4 Å². The van der Waals surface area contributed by atoms with Gasteiger partial charge in [-0.1, -0.05) is 18.2 Å². The summed E-state index contributed by atoms with van der Waals surface area (Å²) in [5.74, 6) is 1.78. The lowest BCUT2D eigenvalue weighted by Gasteiger charge is -2.33. The minimum Gasteiger partial charge on any atom is -0.493 e. The van der Waals surface area contributed by atoms with Crippen molar-refractivity contribution in [3.05, 3.63) is 29.8 Å². The largest absolute Gasteiger partial charge is 0.493 e. The molecule has 19 heavy (non-hydrogen) atoms. The fourth-order valence-electron chi connectivity index (χ4n) is 2.75. The lowest BCUT2D eigenvalue weighted by molar-refractivity contribution is 0.0807. The Hall–Kier alpha value is -1.06. The Morgan fingerprint density at radius 3 is 2.63 bits per heavy atom. The van der Waals surface area contributed by atoms with Gasteiger partial charge in [0.1, 0.15) is 5.75 Å². The average molecular weight is 263 g/mol. The zero-order valence-electron chi connectivity index (χ0n) is 12.0. The van der Waals surface area contributed by atoms with E-state index in [9.17, 15) is 5.11 Å². The van der Waals surface area contributed by atoms with Crippen LogP contribution < -0.4 is 4.74 Å². The predicted octanol–water partition coefficient (Wildman–Crippen LogP) is 2.32. The monoisotopic (exact) mass is 263 g/mol. The van der Waals surface area contributed by atoms with Crippen LogP contribution in [-0.4, -0.2) is 43.4 Å². The van der Waals surface area contributed by atoms with Gasteiger partial charge in [0.2, 0.25) is 0 Å². The fourth-order valence-corrected chi connectivity index (χ4v) is 2.75. The normalized spacial score (nSPS) is 19.3. The number of aliphatic hydroxyl groups excluding tert-OH is 1. The molecule has 1 N–H and O–H groups in total. The van der Waals surface area contributed by atoms with E-state index in [1.54, 1.807) is 0 Å². The van der Waals surface area contributed by atoms with E-state index in [0.29, 0.717) is 12.5 Å². The van der Waals surface area contributed by atoms with Crippen molar-refractivity contribution in [2.45, 2.75) is 19.8 Å². The van der Waals surface area contributed by atoms with Crippen LogP contribution in [0.5, 0.6) is 5.75 Å². The lowest BCUT2D eigenvalue weighted by atomic mass is 9.85. The highest BCUT2D eigenvalue weighted by atomic mass is 16.5. The summed E-state index contributed by atoms with van der Waals surface area (Å²) in [6.07, 6.45) is 2.33. The van der Waals surface area contributed by atoms with Crippen molar-refractivity contribution in [1.29, 1.82) is 0 Å². The number of benzene rings is 1. The number of piperidine rings is 1. The van der Waals surface area contributed by atoms with Gasteiger partial charge in [-0.15, -0.1) is 0 Å². The highest BCUT2D eigenvalue weighted by Gasteiger charge is 2.25. The first-order chi connectivity index (χ1) is 9.20. The third kappa shape index (κ3) is 3.95. The Morgan fingerprint density at radius 2 is 2.00 bits per heavy atom. The van der Waals surface area contributed by atoms with Gasteiger partial charge in [0.25, 0.3) is 0 Å². The van der Waals surface area contributed by atoms with Gasteiger partial charge in [-0.05, 0) is 57.5 Å². The first kappa shape index (κ1) is 14.4. The van der Waals surface area contributed by atoms with E-state index < -0.39 is 0 Å². The summed E-state index contributed by atoms with van der Waals surface area (Å²) in [6, 6.07) is 8.06. The van der Waals surface area contributed by atoms with Crippen molar-refractivity contribution in [3.8, 4) is 5.75 Å². The van der Waals surface area contributed by atoms with E-state index in [2.05, 4.69) is 24.9 Å². The van der Waals surface area contributed by atoms with E-state index in [1.807, 2.05) is 18.2 Å². The molecule has 0 bridgehead atoms. The van der Waals surface area contributed by atoms with Crippen molar-refractivity contribution in [3.63, 3.8) is 0 Å². The quantitative estimate of drug-likeness (QED) is 0.885. The van der Waals surface area contributed by atoms with Gasteiger partial charge < -0.3 is 14.7 Å². The zero-order chi connectivity index (χ0) is 13.7. The Kier molecular flexibility index (Phi) is 5.23. The molecule has 106 valence electrons. The average Bonchev–Trinajstić information content (AvgIpc) is 2.43. The van der Waals surface area contributed by atoms with Crippen LogP contribution in [-0.2, 0) is 0 Å². The summed E-state index contributed by atoms with van der Waals surface area (Å²) in [5, 5.41) is 9.60. The maximum atomic E-state index is 9.60. The molecule has 0 aliphatic carbocycles. The minimum atomic E-state index is 0.222. The molecule has 3 heteroatoms. The molecule has 1 aliphatic rings.